The lowest BCUT2D eigenvalue weighted by Gasteiger charge is -2.12. The Morgan fingerprint density at radius 2 is 2.16 bits per heavy atom. The number of aromatic carboxylic acids is 1. The van der Waals surface area contributed by atoms with E-state index in [1.807, 2.05) is 26.0 Å². The molecule has 100 valence electrons. The summed E-state index contributed by atoms with van der Waals surface area (Å²) in [5.41, 5.74) is 4.15. The van der Waals surface area contributed by atoms with Crippen LogP contribution in [0, 0.1) is 13.8 Å². The average molecular weight is 340 g/mol. The number of aryl methyl sites for hydroxylation is 2. The Hall–Kier alpha value is -1.33. The average Bonchev–Trinajstić information content (AvgIpc) is 2.75. The van der Waals surface area contributed by atoms with Crippen LogP contribution in [0.1, 0.15) is 26.4 Å². The lowest BCUT2D eigenvalue weighted by Crippen LogP contribution is -2.05. The molecular formula is C14H14BrNO2S. The maximum absolute atomic E-state index is 11.0. The third-order valence-corrected chi connectivity index (χ3v) is 4.40. The molecule has 2 rings (SSSR count). The van der Waals surface area contributed by atoms with Crippen LogP contribution in [0.5, 0.6) is 0 Å². The summed E-state index contributed by atoms with van der Waals surface area (Å²) < 4.78 is 0.997. The van der Waals surface area contributed by atoms with Crippen molar-refractivity contribution in [2.24, 2.45) is 0 Å². The Morgan fingerprint density at radius 1 is 1.42 bits per heavy atom. The molecule has 0 saturated carbocycles. The highest BCUT2D eigenvalue weighted by molar-refractivity contribution is 9.10. The smallest absolute Gasteiger partial charge is 0.346 e. The Balaban J connectivity index is 2.19. The van der Waals surface area contributed by atoms with E-state index in [0.717, 1.165) is 21.3 Å². The summed E-state index contributed by atoms with van der Waals surface area (Å²) in [5, 5.41) is 14.2. The van der Waals surface area contributed by atoms with E-state index in [1.165, 1.54) is 16.9 Å². The summed E-state index contributed by atoms with van der Waals surface area (Å²) in [6.45, 7) is 4.59. The van der Waals surface area contributed by atoms with Crippen LogP contribution in [0.2, 0.25) is 0 Å². The van der Waals surface area contributed by atoms with Crippen molar-refractivity contribution in [3.63, 3.8) is 0 Å². The molecule has 1 heterocycles. The fraction of sp³-hybridized carbons (Fsp3) is 0.214. The second kappa shape index (κ2) is 5.75. The van der Waals surface area contributed by atoms with Crippen molar-refractivity contribution >= 4 is 38.9 Å². The normalized spacial score (nSPS) is 10.5. The third-order valence-electron chi connectivity index (χ3n) is 2.83. The molecule has 19 heavy (non-hydrogen) atoms. The Bertz CT molecular complexity index is 599. The highest BCUT2D eigenvalue weighted by Crippen LogP contribution is 2.29. The number of carboxylic acids is 1. The zero-order chi connectivity index (χ0) is 14.0. The van der Waals surface area contributed by atoms with Gasteiger partial charge in [-0.25, -0.2) is 4.79 Å². The van der Waals surface area contributed by atoms with Crippen LogP contribution >= 0.6 is 27.3 Å². The molecule has 0 aliphatic carbocycles. The van der Waals surface area contributed by atoms with Gasteiger partial charge >= 0.3 is 5.97 Å². The van der Waals surface area contributed by atoms with E-state index < -0.39 is 5.97 Å². The number of thiophene rings is 1. The van der Waals surface area contributed by atoms with Crippen LogP contribution in [0.4, 0.5) is 5.69 Å². The zero-order valence-electron chi connectivity index (χ0n) is 10.7. The highest BCUT2D eigenvalue weighted by atomic mass is 79.9. The SMILES string of the molecule is Cc1cc(C)c(NCc2ccsc2C(=O)O)c(Br)c1. The molecule has 0 saturated heterocycles. The molecule has 0 atom stereocenters. The molecule has 1 aromatic carbocycles. The van der Waals surface area contributed by atoms with Crippen LogP contribution in [0.15, 0.2) is 28.1 Å². The van der Waals surface area contributed by atoms with Gasteiger partial charge in [0.15, 0.2) is 0 Å². The molecule has 0 fully saturated rings. The van der Waals surface area contributed by atoms with Gasteiger partial charge in [0.1, 0.15) is 4.88 Å². The monoisotopic (exact) mass is 339 g/mol. The van der Waals surface area contributed by atoms with Crippen molar-refractivity contribution in [1.29, 1.82) is 0 Å². The summed E-state index contributed by atoms with van der Waals surface area (Å²) in [6.07, 6.45) is 0. The van der Waals surface area contributed by atoms with Gasteiger partial charge in [-0.15, -0.1) is 11.3 Å². The van der Waals surface area contributed by atoms with Crippen LogP contribution in [0.25, 0.3) is 0 Å². The number of carbonyl (C=O) groups is 1. The van der Waals surface area contributed by atoms with Gasteiger partial charge < -0.3 is 10.4 Å². The minimum absolute atomic E-state index is 0.397. The molecule has 0 aliphatic heterocycles. The number of hydrogen-bond donors (Lipinski definition) is 2. The largest absolute Gasteiger partial charge is 0.477 e. The zero-order valence-corrected chi connectivity index (χ0v) is 13.1. The number of carboxylic acid groups (broad SMARTS) is 1. The quantitative estimate of drug-likeness (QED) is 0.865. The molecule has 0 aliphatic rings. The standard InChI is InChI=1S/C14H14BrNO2S/c1-8-5-9(2)12(11(15)6-8)16-7-10-3-4-19-13(10)14(17)18/h3-6,16H,7H2,1-2H3,(H,17,18). The van der Waals surface area contributed by atoms with Crippen molar-refractivity contribution in [1.82, 2.24) is 0 Å². The first kappa shape index (κ1) is 14.1. The second-order valence-corrected chi connectivity index (χ2v) is 6.14. The summed E-state index contributed by atoms with van der Waals surface area (Å²) >= 11 is 4.79. The molecule has 2 N–H and O–H groups in total. The fourth-order valence-corrected chi connectivity index (χ4v) is 3.56. The van der Waals surface area contributed by atoms with E-state index in [-0.39, 0.29) is 0 Å². The maximum atomic E-state index is 11.0. The van der Waals surface area contributed by atoms with Gasteiger partial charge in [-0.05, 0) is 64.0 Å². The van der Waals surface area contributed by atoms with Gasteiger partial charge in [-0.3, -0.25) is 0 Å². The number of nitrogens with one attached hydrogen (secondary N) is 1. The molecule has 5 heteroatoms. The number of hydrogen-bond acceptors (Lipinski definition) is 3. The van der Waals surface area contributed by atoms with Crippen molar-refractivity contribution in [3.05, 3.63) is 49.6 Å². The van der Waals surface area contributed by atoms with Crippen molar-refractivity contribution < 1.29 is 9.90 Å². The van der Waals surface area contributed by atoms with E-state index >= 15 is 0 Å². The number of rotatable bonds is 4. The number of halogens is 1. The van der Waals surface area contributed by atoms with E-state index in [1.54, 1.807) is 5.38 Å². The molecule has 0 radical (unpaired) electrons. The Labute approximate surface area is 124 Å². The van der Waals surface area contributed by atoms with E-state index in [4.69, 9.17) is 5.11 Å². The minimum atomic E-state index is -0.869. The van der Waals surface area contributed by atoms with Crippen LogP contribution in [-0.4, -0.2) is 11.1 Å². The topological polar surface area (TPSA) is 49.3 Å². The molecule has 1 aromatic heterocycles. The Morgan fingerprint density at radius 3 is 2.79 bits per heavy atom. The molecule has 2 aromatic rings. The van der Waals surface area contributed by atoms with Crippen LogP contribution in [-0.2, 0) is 6.54 Å². The van der Waals surface area contributed by atoms with Gasteiger partial charge in [-0.2, -0.15) is 0 Å². The third kappa shape index (κ3) is 3.16. The summed E-state index contributed by atoms with van der Waals surface area (Å²) in [5.74, 6) is -0.869. The Kier molecular flexibility index (Phi) is 4.27. The van der Waals surface area contributed by atoms with Gasteiger partial charge in [0.05, 0.1) is 5.69 Å². The maximum Gasteiger partial charge on any atom is 0.346 e. The first-order chi connectivity index (χ1) is 8.99. The van der Waals surface area contributed by atoms with Gasteiger partial charge in [-0.1, -0.05) is 6.07 Å². The van der Waals surface area contributed by atoms with Crippen molar-refractivity contribution in [2.75, 3.05) is 5.32 Å². The number of anilines is 1. The fourth-order valence-electron chi connectivity index (χ4n) is 1.99. The van der Waals surface area contributed by atoms with E-state index in [9.17, 15) is 4.79 Å². The van der Waals surface area contributed by atoms with Crippen LogP contribution in [0.3, 0.4) is 0 Å². The number of benzene rings is 1. The second-order valence-electron chi connectivity index (χ2n) is 4.37. The first-order valence-corrected chi connectivity index (χ1v) is 7.46. The van der Waals surface area contributed by atoms with Gasteiger partial charge in [0, 0.05) is 11.0 Å². The molecule has 0 spiro atoms. The van der Waals surface area contributed by atoms with Crippen molar-refractivity contribution in [2.45, 2.75) is 20.4 Å². The van der Waals surface area contributed by atoms with Gasteiger partial charge in [0.2, 0.25) is 0 Å². The molecular weight excluding hydrogens is 326 g/mol. The van der Waals surface area contributed by atoms with Gasteiger partial charge in [0.25, 0.3) is 0 Å². The minimum Gasteiger partial charge on any atom is -0.477 e. The molecule has 0 unspecified atom stereocenters. The first-order valence-electron chi connectivity index (χ1n) is 5.79. The van der Waals surface area contributed by atoms with Crippen molar-refractivity contribution in [3.8, 4) is 0 Å². The summed E-state index contributed by atoms with van der Waals surface area (Å²) in [7, 11) is 0. The summed E-state index contributed by atoms with van der Waals surface area (Å²) in [6, 6.07) is 5.98. The lowest BCUT2D eigenvalue weighted by molar-refractivity contribution is 0.0701. The molecule has 0 amide bonds. The van der Waals surface area contributed by atoms with E-state index in [2.05, 4.69) is 27.3 Å². The molecule has 3 nitrogen and oxygen atoms in total. The summed E-state index contributed by atoms with van der Waals surface area (Å²) in [4.78, 5) is 11.4. The predicted octanol–water partition coefficient (Wildman–Crippen LogP) is 4.44. The van der Waals surface area contributed by atoms with E-state index in [0.29, 0.717) is 11.4 Å². The van der Waals surface area contributed by atoms with Crippen LogP contribution < -0.4 is 5.32 Å². The highest BCUT2D eigenvalue weighted by Gasteiger charge is 2.12. The lowest BCUT2D eigenvalue weighted by atomic mass is 10.1. The molecule has 0 bridgehead atoms. The predicted molar refractivity (Wildman–Crippen MR) is 82.2 cm³/mol.